The molecule has 2 rings (SSSR count). The van der Waals surface area contributed by atoms with E-state index in [9.17, 15) is 8.78 Å². The Morgan fingerprint density at radius 2 is 1.81 bits per heavy atom. The maximum atomic E-state index is 13.8. The maximum absolute atomic E-state index is 13.8. The van der Waals surface area contributed by atoms with E-state index in [1.165, 1.54) is 12.1 Å². The second-order valence-electron chi connectivity index (χ2n) is 4.40. The Labute approximate surface area is 121 Å². The van der Waals surface area contributed by atoms with E-state index >= 15 is 0 Å². The molecule has 0 bridgehead atoms. The third-order valence-electron chi connectivity index (χ3n) is 2.81. The monoisotopic (exact) mass is 288 g/mol. The molecule has 0 heterocycles. The molecule has 2 aromatic rings. The number of nitrogens with one attached hydrogen (secondary N) is 1. The predicted molar refractivity (Wildman–Crippen MR) is 76.6 cm³/mol. The van der Waals surface area contributed by atoms with Crippen molar-refractivity contribution in [1.82, 2.24) is 0 Å². The summed E-state index contributed by atoms with van der Waals surface area (Å²) >= 11 is 0. The zero-order chi connectivity index (χ0) is 15.2. The van der Waals surface area contributed by atoms with E-state index in [0.29, 0.717) is 18.0 Å². The van der Waals surface area contributed by atoms with Gasteiger partial charge in [-0.3, -0.25) is 0 Å². The number of nitriles is 1. The van der Waals surface area contributed by atoms with E-state index in [2.05, 4.69) is 5.32 Å². The molecule has 0 aliphatic heterocycles. The average molecular weight is 288 g/mol. The number of ether oxygens (including phenoxy) is 1. The van der Waals surface area contributed by atoms with E-state index in [1.54, 1.807) is 30.3 Å². The standard InChI is InChI=1S/C16H14F2N2O/c1-2-9-21-13-6-4-12(5-7-13)20-14-8-3-11(10-19)15(17)16(14)18/h3-8,20H,2,9H2,1H3. The largest absolute Gasteiger partial charge is 0.494 e. The van der Waals surface area contributed by atoms with Gasteiger partial charge in [-0.2, -0.15) is 5.26 Å². The first-order valence-electron chi connectivity index (χ1n) is 6.53. The second-order valence-corrected chi connectivity index (χ2v) is 4.40. The molecular weight excluding hydrogens is 274 g/mol. The first-order valence-corrected chi connectivity index (χ1v) is 6.53. The van der Waals surface area contributed by atoms with Crippen LogP contribution >= 0.6 is 0 Å². The second kappa shape index (κ2) is 6.71. The smallest absolute Gasteiger partial charge is 0.183 e. The Hall–Kier alpha value is -2.61. The highest BCUT2D eigenvalue weighted by atomic mass is 19.2. The lowest BCUT2D eigenvalue weighted by molar-refractivity contribution is 0.317. The van der Waals surface area contributed by atoms with Crippen LogP contribution in [-0.4, -0.2) is 6.61 Å². The molecule has 5 heteroatoms. The van der Waals surface area contributed by atoms with Gasteiger partial charge in [0.1, 0.15) is 11.8 Å². The molecule has 0 fully saturated rings. The van der Waals surface area contributed by atoms with Crippen LogP contribution in [0.2, 0.25) is 0 Å². The van der Waals surface area contributed by atoms with Crippen LogP contribution in [0.4, 0.5) is 20.2 Å². The summed E-state index contributed by atoms with van der Waals surface area (Å²) in [7, 11) is 0. The molecule has 108 valence electrons. The van der Waals surface area contributed by atoms with Crippen molar-refractivity contribution in [3.63, 3.8) is 0 Å². The van der Waals surface area contributed by atoms with Gasteiger partial charge in [-0.25, -0.2) is 8.78 Å². The zero-order valence-electron chi connectivity index (χ0n) is 11.5. The maximum Gasteiger partial charge on any atom is 0.183 e. The van der Waals surface area contributed by atoms with Crippen LogP contribution in [0, 0.1) is 23.0 Å². The van der Waals surface area contributed by atoms with E-state index in [0.717, 1.165) is 6.42 Å². The first kappa shape index (κ1) is 14.8. The molecule has 0 aromatic heterocycles. The average Bonchev–Trinajstić information content (AvgIpc) is 2.51. The molecule has 0 aliphatic carbocycles. The lowest BCUT2D eigenvalue weighted by Gasteiger charge is -2.10. The first-order chi connectivity index (χ1) is 10.2. The number of anilines is 2. The van der Waals surface area contributed by atoms with Crippen molar-refractivity contribution in [3.8, 4) is 11.8 Å². The van der Waals surface area contributed by atoms with Gasteiger partial charge in [-0.05, 0) is 42.8 Å². The highest BCUT2D eigenvalue weighted by Crippen LogP contribution is 2.25. The number of rotatable bonds is 5. The number of benzene rings is 2. The van der Waals surface area contributed by atoms with Crippen LogP contribution in [0.5, 0.6) is 5.75 Å². The normalized spacial score (nSPS) is 10.0. The minimum atomic E-state index is -1.15. The molecular formula is C16H14F2N2O. The fraction of sp³-hybridized carbons (Fsp3) is 0.188. The van der Waals surface area contributed by atoms with E-state index in [4.69, 9.17) is 10.00 Å². The summed E-state index contributed by atoms with van der Waals surface area (Å²) < 4.78 is 32.7. The van der Waals surface area contributed by atoms with Gasteiger partial charge in [0.25, 0.3) is 0 Å². The van der Waals surface area contributed by atoms with Gasteiger partial charge in [0.2, 0.25) is 0 Å². The van der Waals surface area contributed by atoms with Crippen LogP contribution < -0.4 is 10.1 Å². The SMILES string of the molecule is CCCOc1ccc(Nc2ccc(C#N)c(F)c2F)cc1. The molecule has 3 nitrogen and oxygen atoms in total. The quantitative estimate of drug-likeness (QED) is 0.888. The van der Waals surface area contributed by atoms with Crippen LogP contribution in [0.3, 0.4) is 0 Å². The van der Waals surface area contributed by atoms with Gasteiger partial charge in [0.05, 0.1) is 17.9 Å². The Morgan fingerprint density at radius 3 is 2.43 bits per heavy atom. The van der Waals surface area contributed by atoms with Crippen molar-refractivity contribution in [2.24, 2.45) is 0 Å². The summed E-state index contributed by atoms with van der Waals surface area (Å²) in [5, 5.41) is 11.4. The number of hydrogen-bond acceptors (Lipinski definition) is 3. The van der Waals surface area contributed by atoms with Gasteiger partial charge in [-0.15, -0.1) is 0 Å². The highest BCUT2D eigenvalue weighted by molar-refractivity contribution is 5.62. The third-order valence-corrected chi connectivity index (χ3v) is 2.81. The number of hydrogen-bond donors (Lipinski definition) is 1. The lowest BCUT2D eigenvalue weighted by Crippen LogP contribution is -1.99. The highest BCUT2D eigenvalue weighted by Gasteiger charge is 2.13. The molecule has 0 aliphatic rings. The van der Waals surface area contributed by atoms with Gasteiger partial charge in [-0.1, -0.05) is 6.92 Å². The van der Waals surface area contributed by atoms with Crippen molar-refractivity contribution in [2.75, 3.05) is 11.9 Å². The van der Waals surface area contributed by atoms with Crippen LogP contribution in [0.1, 0.15) is 18.9 Å². The summed E-state index contributed by atoms with van der Waals surface area (Å²) in [6, 6.07) is 11.1. The molecule has 0 atom stereocenters. The van der Waals surface area contributed by atoms with Gasteiger partial charge in [0, 0.05) is 5.69 Å². The van der Waals surface area contributed by atoms with Crippen molar-refractivity contribution in [1.29, 1.82) is 5.26 Å². The van der Waals surface area contributed by atoms with Crippen LogP contribution in [0.15, 0.2) is 36.4 Å². The van der Waals surface area contributed by atoms with Crippen LogP contribution in [0.25, 0.3) is 0 Å². The Balaban J connectivity index is 2.15. The van der Waals surface area contributed by atoms with Crippen LogP contribution in [-0.2, 0) is 0 Å². The van der Waals surface area contributed by atoms with E-state index < -0.39 is 11.6 Å². The van der Waals surface area contributed by atoms with Crippen molar-refractivity contribution < 1.29 is 13.5 Å². The minimum Gasteiger partial charge on any atom is -0.494 e. The fourth-order valence-corrected chi connectivity index (χ4v) is 1.74. The Kier molecular flexibility index (Phi) is 4.72. The number of halogens is 2. The summed E-state index contributed by atoms with van der Waals surface area (Å²) in [6.07, 6.45) is 0.912. The summed E-state index contributed by atoms with van der Waals surface area (Å²) in [5.41, 5.74) is 0.261. The third kappa shape index (κ3) is 3.48. The van der Waals surface area contributed by atoms with Crippen molar-refractivity contribution in [2.45, 2.75) is 13.3 Å². The molecule has 21 heavy (non-hydrogen) atoms. The minimum absolute atomic E-state index is 0.0197. The summed E-state index contributed by atoms with van der Waals surface area (Å²) in [4.78, 5) is 0. The molecule has 0 saturated heterocycles. The lowest BCUT2D eigenvalue weighted by atomic mass is 10.2. The summed E-state index contributed by atoms with van der Waals surface area (Å²) in [6.45, 7) is 2.64. The zero-order valence-corrected chi connectivity index (χ0v) is 11.5. The molecule has 0 amide bonds. The Bertz CT molecular complexity index is 663. The van der Waals surface area contributed by atoms with Crippen molar-refractivity contribution in [3.05, 3.63) is 53.6 Å². The van der Waals surface area contributed by atoms with Gasteiger partial charge in [0.15, 0.2) is 11.6 Å². The molecule has 0 unspecified atom stereocenters. The Morgan fingerprint density at radius 1 is 1.10 bits per heavy atom. The predicted octanol–water partition coefficient (Wildman–Crippen LogP) is 4.37. The topological polar surface area (TPSA) is 45.0 Å². The summed E-state index contributed by atoms with van der Waals surface area (Å²) in [5.74, 6) is -1.50. The molecule has 0 spiro atoms. The number of nitrogens with zero attached hydrogens (tertiary/aromatic N) is 1. The molecule has 1 N–H and O–H groups in total. The fourth-order valence-electron chi connectivity index (χ4n) is 1.74. The molecule has 2 aromatic carbocycles. The van der Waals surface area contributed by atoms with Gasteiger partial charge < -0.3 is 10.1 Å². The van der Waals surface area contributed by atoms with Gasteiger partial charge >= 0.3 is 0 Å². The van der Waals surface area contributed by atoms with E-state index in [-0.39, 0.29) is 11.3 Å². The molecule has 0 saturated carbocycles. The van der Waals surface area contributed by atoms with Crippen molar-refractivity contribution >= 4 is 11.4 Å². The van der Waals surface area contributed by atoms with E-state index in [1.807, 2.05) is 6.92 Å². The molecule has 0 radical (unpaired) electrons.